The summed E-state index contributed by atoms with van der Waals surface area (Å²) >= 11 is 4.94. The molecule has 146 valence electrons. The van der Waals surface area contributed by atoms with Crippen molar-refractivity contribution >= 4 is 34.2 Å². The number of hydrogen-bond acceptors (Lipinski definition) is 10. The predicted molar refractivity (Wildman–Crippen MR) is 93.4 cm³/mol. The zero-order valence-corrected chi connectivity index (χ0v) is 16.5. The lowest BCUT2D eigenvalue weighted by Gasteiger charge is -2.34. The molecule has 26 heavy (non-hydrogen) atoms. The van der Waals surface area contributed by atoms with Crippen molar-refractivity contribution in [3.8, 4) is 0 Å². The molecule has 1 N–H and O–H groups in total. The third-order valence-electron chi connectivity index (χ3n) is 4.34. The number of rotatable bonds is 9. The Hall–Kier alpha value is 0.420. The van der Waals surface area contributed by atoms with Crippen LogP contribution in [0.1, 0.15) is 0 Å². The lowest BCUT2D eigenvalue weighted by Crippen LogP contribution is -2.40. The molecule has 0 bridgehead atoms. The largest absolute Gasteiger partial charge is 0.780 e. The van der Waals surface area contributed by atoms with E-state index in [9.17, 15) is 10.00 Å². The fourth-order valence-electron chi connectivity index (χ4n) is 3.09. The highest BCUT2D eigenvalue weighted by Gasteiger charge is 2.45. The van der Waals surface area contributed by atoms with E-state index in [0.717, 1.165) is 0 Å². The minimum atomic E-state index is -3.97. The van der Waals surface area contributed by atoms with Gasteiger partial charge in [-0.3, -0.25) is 0 Å². The molecule has 2 fully saturated rings. The number of ether oxygens (including phenoxy) is 5. The lowest BCUT2D eigenvalue weighted by atomic mass is 9.93. The molecule has 0 aromatic carbocycles. The second kappa shape index (κ2) is 9.76. The molecule has 2 rings (SSSR count). The number of methoxy groups -OCH3 is 3. The van der Waals surface area contributed by atoms with E-state index in [1.165, 1.54) is 21.3 Å². The molecule has 0 saturated carbocycles. The van der Waals surface area contributed by atoms with Crippen molar-refractivity contribution in [3.05, 3.63) is 0 Å². The predicted octanol–water partition coefficient (Wildman–Crippen LogP) is -2.20. The maximum Gasteiger partial charge on any atom is 0.120 e. The van der Waals surface area contributed by atoms with Crippen LogP contribution in [0, 0.1) is 0 Å². The highest BCUT2D eigenvalue weighted by molar-refractivity contribution is 8.06. The van der Waals surface area contributed by atoms with Crippen LogP contribution in [0.5, 0.6) is 0 Å². The van der Waals surface area contributed by atoms with E-state index in [-0.39, 0.29) is 6.61 Å². The van der Waals surface area contributed by atoms with Gasteiger partial charge in [0.05, 0.1) is 13.2 Å². The minimum Gasteiger partial charge on any atom is -0.780 e. The van der Waals surface area contributed by atoms with Gasteiger partial charge in [-0.25, -0.2) is 0 Å². The van der Waals surface area contributed by atoms with Gasteiger partial charge in [0.25, 0.3) is 0 Å². The number of aliphatic hydroxyl groups excluding tert-OH is 1. The molecule has 0 aromatic heterocycles. The Kier molecular flexibility index (Phi) is 8.52. The zero-order chi connectivity index (χ0) is 19.5. The van der Waals surface area contributed by atoms with Gasteiger partial charge in [0, 0.05) is 33.3 Å². The Morgan fingerprint density at radius 3 is 1.96 bits per heavy atom. The first-order valence-electron chi connectivity index (χ1n) is 7.93. The third kappa shape index (κ3) is 5.07. The molecule has 13 heteroatoms. The van der Waals surface area contributed by atoms with Gasteiger partial charge in [-0.2, -0.15) is 0 Å². The first-order chi connectivity index (χ1) is 12.3. The summed E-state index contributed by atoms with van der Waals surface area (Å²) in [6, 6.07) is -1.57. The second-order valence-corrected chi connectivity index (χ2v) is 8.58. The highest BCUT2D eigenvalue weighted by atomic mass is 32.5. The molecule has 2 saturated heterocycles. The van der Waals surface area contributed by atoms with Gasteiger partial charge < -0.3 is 42.7 Å². The Bertz CT molecular complexity index is 504. The third-order valence-corrected chi connectivity index (χ3v) is 5.88. The van der Waals surface area contributed by atoms with E-state index >= 15 is 0 Å². The maximum absolute atomic E-state index is 12.6. The van der Waals surface area contributed by atoms with Gasteiger partial charge in [0.1, 0.15) is 59.0 Å². The van der Waals surface area contributed by atoms with Crippen molar-refractivity contribution in [3.63, 3.8) is 0 Å². The summed E-state index contributed by atoms with van der Waals surface area (Å²) in [6.07, 6.45) is -4.21. The van der Waals surface area contributed by atoms with Gasteiger partial charge in [-0.1, -0.05) is 11.8 Å². The van der Waals surface area contributed by atoms with Gasteiger partial charge in [-0.15, -0.1) is 0 Å². The monoisotopic (exact) mass is 407 g/mol. The first-order valence-corrected chi connectivity index (χ1v) is 10.5. The van der Waals surface area contributed by atoms with Crippen molar-refractivity contribution < 1.29 is 42.7 Å². The summed E-state index contributed by atoms with van der Waals surface area (Å²) < 4.78 is 37.2. The molecule has 4 radical (unpaired) electrons. The van der Waals surface area contributed by atoms with E-state index in [1.807, 2.05) is 0 Å². The van der Waals surface area contributed by atoms with Gasteiger partial charge in [0.15, 0.2) is 0 Å². The van der Waals surface area contributed by atoms with E-state index in [0.29, 0.717) is 0 Å². The van der Waals surface area contributed by atoms with Crippen LogP contribution < -0.4 is 4.89 Å². The zero-order valence-electron chi connectivity index (χ0n) is 14.8. The minimum absolute atomic E-state index is 0.187. The summed E-state index contributed by atoms with van der Waals surface area (Å²) in [5.74, 6) is 0. The summed E-state index contributed by atoms with van der Waals surface area (Å²) in [6.45, 7) is -4.56. The van der Waals surface area contributed by atoms with E-state index in [2.05, 4.69) is 0 Å². The Labute approximate surface area is 160 Å². The van der Waals surface area contributed by atoms with Gasteiger partial charge >= 0.3 is 0 Å². The molecule has 0 spiro atoms. The smallest absolute Gasteiger partial charge is 0.120 e. The van der Waals surface area contributed by atoms with Crippen molar-refractivity contribution in [1.29, 1.82) is 0 Å². The molecule has 2 aliphatic heterocycles. The van der Waals surface area contributed by atoms with Crippen molar-refractivity contribution in [2.75, 3.05) is 34.5 Å². The molecule has 9 atom stereocenters. The number of hydrogen-bond donors (Lipinski definition) is 1. The summed E-state index contributed by atoms with van der Waals surface area (Å²) in [7, 11) is 15.9. The van der Waals surface area contributed by atoms with Crippen molar-refractivity contribution in [2.24, 2.45) is 0 Å². The number of aliphatic hydroxyl groups is 1. The fourth-order valence-corrected chi connectivity index (χ4v) is 4.51. The van der Waals surface area contributed by atoms with Crippen LogP contribution in [-0.2, 0) is 44.5 Å². The van der Waals surface area contributed by atoms with Crippen LogP contribution in [0.3, 0.4) is 0 Å². The van der Waals surface area contributed by atoms with E-state index < -0.39 is 62.0 Å². The Morgan fingerprint density at radius 2 is 1.46 bits per heavy atom. The van der Waals surface area contributed by atoms with Crippen LogP contribution in [0.25, 0.3) is 0 Å². The molecule has 2 aliphatic rings. The first kappa shape index (κ1) is 22.7. The average molecular weight is 407 g/mol. The maximum atomic E-state index is 12.6. The quantitative estimate of drug-likeness (QED) is 0.334. The molecular formula is C13H22B2O9PS-. The standard InChI is InChI=1S/C13H23B2O9PS/c1-18-8-7(23-12(14)10(8)19-2)5-21-25(17,26)24-9-6(4-16)22-13(15)11(9)20-3/h6-13,16H,4-5H2,1-3H3,(H,17,26)/p-1/t6-,7-,8+,9+,10?,11?,12-,13-,25?/m1/s1. The summed E-state index contributed by atoms with van der Waals surface area (Å²) in [5, 5.41) is 9.37. The Balaban J connectivity index is 1.97. The molecule has 0 amide bonds. The molecule has 3 unspecified atom stereocenters. The van der Waals surface area contributed by atoms with Crippen LogP contribution in [0.15, 0.2) is 0 Å². The van der Waals surface area contributed by atoms with E-state index in [4.69, 9.17) is 60.2 Å². The summed E-state index contributed by atoms with van der Waals surface area (Å²) in [4.78, 5) is 12.6. The van der Waals surface area contributed by atoms with Crippen LogP contribution in [0.4, 0.5) is 0 Å². The van der Waals surface area contributed by atoms with Crippen LogP contribution in [-0.4, -0.2) is 104 Å². The van der Waals surface area contributed by atoms with E-state index in [1.54, 1.807) is 0 Å². The van der Waals surface area contributed by atoms with Crippen molar-refractivity contribution in [2.45, 2.75) is 48.6 Å². The lowest BCUT2D eigenvalue weighted by molar-refractivity contribution is -0.218. The molecule has 0 aromatic rings. The second-order valence-electron chi connectivity index (χ2n) is 5.87. The highest BCUT2D eigenvalue weighted by Crippen LogP contribution is 2.44. The molecule has 0 aliphatic carbocycles. The molecule has 9 nitrogen and oxygen atoms in total. The van der Waals surface area contributed by atoms with Crippen molar-refractivity contribution in [1.82, 2.24) is 0 Å². The van der Waals surface area contributed by atoms with Gasteiger partial charge in [-0.05, 0) is 0 Å². The average Bonchev–Trinajstić information content (AvgIpc) is 3.07. The fraction of sp³-hybridized carbons (Fsp3) is 1.00. The van der Waals surface area contributed by atoms with Gasteiger partial charge in [0.2, 0.25) is 0 Å². The Morgan fingerprint density at radius 1 is 0.962 bits per heavy atom. The van der Waals surface area contributed by atoms with Crippen LogP contribution >= 0.6 is 6.72 Å². The SMILES string of the molecule is [B][C@@H]1O[C@H](COP([O-])(=S)O[C@@H]2C(OC)[C@H]([B])O[C@@H]2CO)[C@H](OC)C1OC. The molecular weight excluding hydrogens is 385 g/mol. The summed E-state index contributed by atoms with van der Waals surface area (Å²) in [5.41, 5.74) is 0. The molecule has 2 heterocycles. The topological polar surface area (TPSA) is 108 Å². The van der Waals surface area contributed by atoms with Crippen LogP contribution in [0.2, 0.25) is 0 Å². The normalized spacial score (nSPS) is 42.8.